The molecule has 0 radical (unpaired) electrons. The number of amides is 1. The Hall–Kier alpha value is -2.44. The summed E-state index contributed by atoms with van der Waals surface area (Å²) in [6.07, 6.45) is 5.81. The van der Waals surface area contributed by atoms with Gasteiger partial charge in [0.1, 0.15) is 11.4 Å². The van der Waals surface area contributed by atoms with Gasteiger partial charge < -0.3 is 14.7 Å². The Kier molecular flexibility index (Phi) is 5.67. The van der Waals surface area contributed by atoms with E-state index in [0.29, 0.717) is 5.92 Å². The molecule has 6 heteroatoms. The topological polar surface area (TPSA) is 65.9 Å². The molecule has 0 unspecified atom stereocenters. The second kappa shape index (κ2) is 8.60. The first-order valence-corrected chi connectivity index (χ1v) is 11.5. The molecule has 0 bridgehead atoms. The summed E-state index contributed by atoms with van der Waals surface area (Å²) in [5.74, 6) is 1.57. The van der Waals surface area contributed by atoms with Gasteiger partial charge in [0.25, 0.3) is 5.91 Å². The number of aliphatic hydroxyl groups is 1. The summed E-state index contributed by atoms with van der Waals surface area (Å²) in [7, 11) is 0. The number of carbonyl (C=O) groups is 1. The maximum atomic E-state index is 12.1. The summed E-state index contributed by atoms with van der Waals surface area (Å²) >= 11 is 0. The number of nitrogens with zero attached hydrogens (tertiary/aromatic N) is 3. The Morgan fingerprint density at radius 2 is 1.94 bits per heavy atom. The average molecular weight is 422 g/mol. The van der Waals surface area contributed by atoms with Crippen LogP contribution in [-0.4, -0.2) is 58.6 Å². The molecular weight excluding hydrogens is 390 g/mol. The first-order valence-electron chi connectivity index (χ1n) is 11.5. The number of carbonyl (C=O) groups excluding carboxylic acids is 1. The zero-order valence-electron chi connectivity index (χ0n) is 17.9. The van der Waals surface area contributed by atoms with Crippen LogP contribution in [-0.2, 0) is 16.9 Å². The number of hydrogen-bond donors (Lipinski definition) is 1. The van der Waals surface area contributed by atoms with Crippen molar-refractivity contribution in [1.29, 1.82) is 0 Å². The molecule has 6 nitrogen and oxygen atoms in total. The standard InChI is InChI=1S/C25H31N3O3/c29-24(28-13-3-4-14-28)18-31-21-8-6-19(7-9-21)15-27-16-20-10-11-25(30,22(20)17-27)23-5-1-2-12-26-23/h1-2,5-9,12,20,22,30H,3-4,10-11,13-18H2/t20-,22+,25-/m0/s1. The van der Waals surface area contributed by atoms with Crippen molar-refractivity contribution < 1.29 is 14.6 Å². The monoisotopic (exact) mass is 421 g/mol. The molecule has 5 rings (SSSR count). The van der Waals surface area contributed by atoms with Crippen molar-refractivity contribution in [1.82, 2.24) is 14.8 Å². The summed E-state index contributed by atoms with van der Waals surface area (Å²) in [5.41, 5.74) is 1.23. The Bertz CT molecular complexity index is 898. The zero-order valence-corrected chi connectivity index (χ0v) is 17.9. The third-order valence-corrected chi connectivity index (χ3v) is 7.29. The van der Waals surface area contributed by atoms with Crippen LogP contribution < -0.4 is 4.74 Å². The third-order valence-electron chi connectivity index (χ3n) is 7.29. The van der Waals surface area contributed by atoms with Crippen molar-refractivity contribution in [2.45, 2.75) is 37.8 Å². The van der Waals surface area contributed by atoms with Crippen LogP contribution in [0.2, 0.25) is 0 Å². The van der Waals surface area contributed by atoms with Crippen LogP contribution in [0, 0.1) is 11.8 Å². The van der Waals surface area contributed by atoms with Crippen LogP contribution in [0.5, 0.6) is 5.75 Å². The highest BCUT2D eigenvalue weighted by Crippen LogP contribution is 2.50. The lowest BCUT2D eigenvalue weighted by Crippen LogP contribution is -2.35. The van der Waals surface area contributed by atoms with Crippen molar-refractivity contribution in [2.24, 2.45) is 11.8 Å². The van der Waals surface area contributed by atoms with Gasteiger partial charge in [0.15, 0.2) is 6.61 Å². The molecule has 164 valence electrons. The molecule has 3 aliphatic rings. The molecule has 2 saturated heterocycles. The predicted molar refractivity (Wildman–Crippen MR) is 117 cm³/mol. The number of rotatable bonds is 6. The van der Waals surface area contributed by atoms with Crippen molar-refractivity contribution in [3.63, 3.8) is 0 Å². The molecule has 1 saturated carbocycles. The van der Waals surface area contributed by atoms with Gasteiger partial charge in [-0.1, -0.05) is 18.2 Å². The Morgan fingerprint density at radius 3 is 2.68 bits per heavy atom. The third kappa shape index (κ3) is 4.19. The fourth-order valence-electron chi connectivity index (χ4n) is 5.60. The van der Waals surface area contributed by atoms with E-state index in [1.54, 1.807) is 6.20 Å². The highest BCUT2D eigenvalue weighted by molar-refractivity contribution is 5.78. The quantitative estimate of drug-likeness (QED) is 0.777. The summed E-state index contributed by atoms with van der Waals surface area (Å²) in [4.78, 5) is 20.9. The van der Waals surface area contributed by atoms with Crippen molar-refractivity contribution in [3.05, 3.63) is 59.9 Å². The fourth-order valence-corrected chi connectivity index (χ4v) is 5.60. The minimum atomic E-state index is -0.805. The van der Waals surface area contributed by atoms with Crippen LogP contribution in [0.1, 0.15) is 36.9 Å². The molecule has 1 aromatic carbocycles. The van der Waals surface area contributed by atoms with E-state index in [1.807, 2.05) is 35.2 Å². The normalized spacial score (nSPS) is 28.1. The number of likely N-dealkylation sites (tertiary alicyclic amines) is 2. The lowest BCUT2D eigenvalue weighted by atomic mass is 9.85. The molecule has 2 aromatic rings. The maximum Gasteiger partial charge on any atom is 0.260 e. The zero-order chi connectivity index (χ0) is 21.3. The van der Waals surface area contributed by atoms with Crippen molar-refractivity contribution >= 4 is 5.91 Å². The van der Waals surface area contributed by atoms with Gasteiger partial charge in [-0.15, -0.1) is 0 Å². The first kappa shape index (κ1) is 20.5. The molecule has 1 aromatic heterocycles. The molecule has 3 fully saturated rings. The Balaban J connectivity index is 1.16. The molecule has 1 amide bonds. The van der Waals surface area contributed by atoms with E-state index >= 15 is 0 Å². The van der Waals surface area contributed by atoms with Gasteiger partial charge in [-0.2, -0.15) is 0 Å². The van der Waals surface area contributed by atoms with Gasteiger partial charge >= 0.3 is 0 Å². The summed E-state index contributed by atoms with van der Waals surface area (Å²) in [6, 6.07) is 13.9. The average Bonchev–Trinajstić information content (AvgIpc) is 3.53. The van der Waals surface area contributed by atoms with Crippen LogP contribution in [0.3, 0.4) is 0 Å². The van der Waals surface area contributed by atoms with E-state index in [0.717, 1.165) is 69.9 Å². The molecular formula is C25H31N3O3. The van der Waals surface area contributed by atoms with E-state index in [-0.39, 0.29) is 18.4 Å². The number of ether oxygens (including phenoxy) is 1. The van der Waals surface area contributed by atoms with Gasteiger partial charge in [0.05, 0.1) is 5.69 Å². The lowest BCUT2D eigenvalue weighted by Gasteiger charge is -2.29. The minimum absolute atomic E-state index is 0.0746. The molecule has 1 aliphatic carbocycles. The summed E-state index contributed by atoms with van der Waals surface area (Å²) < 4.78 is 5.70. The second-order valence-electron chi connectivity index (χ2n) is 9.26. The number of hydrogen-bond acceptors (Lipinski definition) is 5. The van der Waals surface area contributed by atoms with E-state index in [1.165, 1.54) is 5.56 Å². The van der Waals surface area contributed by atoms with Crippen LogP contribution >= 0.6 is 0 Å². The van der Waals surface area contributed by atoms with Crippen molar-refractivity contribution in [2.75, 3.05) is 32.8 Å². The summed E-state index contributed by atoms with van der Waals surface area (Å²) in [5, 5.41) is 11.4. The van der Waals surface area contributed by atoms with Crippen LogP contribution in [0.4, 0.5) is 0 Å². The number of pyridine rings is 1. The van der Waals surface area contributed by atoms with E-state index in [9.17, 15) is 9.90 Å². The van der Waals surface area contributed by atoms with E-state index in [4.69, 9.17) is 4.74 Å². The maximum absolute atomic E-state index is 12.1. The Morgan fingerprint density at radius 1 is 1.13 bits per heavy atom. The van der Waals surface area contributed by atoms with E-state index in [2.05, 4.69) is 22.0 Å². The van der Waals surface area contributed by atoms with Gasteiger partial charge in [-0.3, -0.25) is 14.7 Å². The van der Waals surface area contributed by atoms with Gasteiger partial charge in [0.2, 0.25) is 0 Å². The highest BCUT2D eigenvalue weighted by atomic mass is 16.5. The predicted octanol–water partition coefficient (Wildman–Crippen LogP) is 2.81. The Labute approximate surface area is 183 Å². The van der Waals surface area contributed by atoms with Crippen molar-refractivity contribution in [3.8, 4) is 5.75 Å². The number of aromatic nitrogens is 1. The van der Waals surface area contributed by atoms with Gasteiger partial charge in [-0.05, 0) is 61.4 Å². The molecule has 31 heavy (non-hydrogen) atoms. The molecule has 2 aliphatic heterocycles. The minimum Gasteiger partial charge on any atom is -0.484 e. The summed E-state index contributed by atoms with van der Waals surface area (Å²) in [6.45, 7) is 4.59. The molecule has 0 spiro atoms. The first-order chi connectivity index (χ1) is 15.1. The smallest absolute Gasteiger partial charge is 0.260 e. The highest BCUT2D eigenvalue weighted by Gasteiger charge is 2.52. The van der Waals surface area contributed by atoms with Crippen LogP contribution in [0.25, 0.3) is 0 Å². The SMILES string of the molecule is O=C(COc1ccc(CN2C[C@@H]3CC[C@@](O)(c4ccccn4)[C@@H]3C2)cc1)N1CCCC1. The second-order valence-corrected chi connectivity index (χ2v) is 9.26. The van der Waals surface area contributed by atoms with Gasteiger partial charge in [0, 0.05) is 44.8 Å². The van der Waals surface area contributed by atoms with Crippen LogP contribution in [0.15, 0.2) is 48.7 Å². The molecule has 3 atom stereocenters. The molecule has 1 N–H and O–H groups in total. The largest absolute Gasteiger partial charge is 0.484 e. The fraction of sp³-hybridized carbons (Fsp3) is 0.520. The van der Waals surface area contributed by atoms with E-state index < -0.39 is 5.60 Å². The molecule has 3 heterocycles. The number of benzene rings is 1. The number of fused-ring (bicyclic) bond motifs is 1. The van der Waals surface area contributed by atoms with Gasteiger partial charge in [-0.25, -0.2) is 0 Å². The lowest BCUT2D eigenvalue weighted by molar-refractivity contribution is -0.132.